The van der Waals surface area contributed by atoms with Gasteiger partial charge in [-0.3, -0.25) is 4.79 Å². The summed E-state index contributed by atoms with van der Waals surface area (Å²) < 4.78 is 0. The number of pyridine rings is 1. The molecule has 0 radical (unpaired) electrons. The van der Waals surface area contributed by atoms with Crippen molar-refractivity contribution in [2.45, 2.75) is 46.6 Å². The van der Waals surface area contributed by atoms with Crippen LogP contribution in [0.2, 0.25) is 0 Å². The van der Waals surface area contributed by atoms with E-state index in [4.69, 9.17) is 9.98 Å². The molecule has 3 heterocycles. The van der Waals surface area contributed by atoms with Crippen LogP contribution in [0.15, 0.2) is 40.1 Å². The molecular formula is C23H35N7O. The number of anilines is 1. The Bertz CT molecular complexity index is 866. The third kappa shape index (κ3) is 6.37. The van der Waals surface area contributed by atoms with E-state index in [0.29, 0.717) is 17.3 Å². The normalized spacial score (nSPS) is 21.9. The molecule has 0 saturated carbocycles. The lowest BCUT2D eigenvalue weighted by atomic mass is 10.0. The second kappa shape index (κ2) is 10.5. The Labute approximate surface area is 185 Å². The molecule has 2 aliphatic heterocycles. The first-order valence-electron chi connectivity index (χ1n) is 11.2. The van der Waals surface area contributed by atoms with Crippen LogP contribution in [0.1, 0.15) is 51.0 Å². The van der Waals surface area contributed by atoms with Crippen LogP contribution in [0.4, 0.5) is 5.82 Å². The molecule has 8 nitrogen and oxygen atoms in total. The summed E-state index contributed by atoms with van der Waals surface area (Å²) in [7, 11) is 2.16. The molecular weight excluding hydrogens is 390 g/mol. The van der Waals surface area contributed by atoms with Gasteiger partial charge in [0.05, 0.1) is 0 Å². The average molecular weight is 426 g/mol. The lowest BCUT2D eigenvalue weighted by molar-refractivity contribution is 0.0938. The summed E-state index contributed by atoms with van der Waals surface area (Å²) in [4.78, 5) is 31.2. The molecule has 1 saturated heterocycles. The third-order valence-electron chi connectivity index (χ3n) is 5.53. The molecule has 3 rings (SSSR count). The Balaban J connectivity index is 1.79. The monoisotopic (exact) mass is 425 g/mol. The molecule has 8 heteroatoms. The number of nitrogens with zero attached hydrogens (tertiary/aromatic N) is 5. The molecule has 1 atom stereocenters. The number of piperazine rings is 1. The van der Waals surface area contributed by atoms with E-state index >= 15 is 0 Å². The fraction of sp³-hybridized carbons (Fsp3) is 0.565. The number of aromatic nitrogens is 1. The highest BCUT2D eigenvalue weighted by molar-refractivity contribution is 5.99. The minimum absolute atomic E-state index is 0.0607. The molecule has 0 spiro atoms. The van der Waals surface area contributed by atoms with E-state index in [1.165, 1.54) is 0 Å². The van der Waals surface area contributed by atoms with Gasteiger partial charge in [0.1, 0.15) is 23.2 Å². The number of carbonyl (C=O) groups excluding carboxylic acids is 1. The Morgan fingerprint density at radius 1 is 1.19 bits per heavy atom. The fourth-order valence-corrected chi connectivity index (χ4v) is 3.60. The van der Waals surface area contributed by atoms with Gasteiger partial charge in [-0.1, -0.05) is 13.0 Å². The van der Waals surface area contributed by atoms with Crippen LogP contribution in [0.25, 0.3) is 0 Å². The number of hydrogen-bond acceptors (Lipinski definition) is 7. The van der Waals surface area contributed by atoms with Crippen molar-refractivity contribution >= 4 is 23.4 Å². The number of allylic oxidation sites excluding steroid dienone is 1. The number of amidine groups is 2. The summed E-state index contributed by atoms with van der Waals surface area (Å²) in [5.74, 6) is 3.30. The number of likely N-dealkylation sites (N-methyl/N-ethyl adjacent to an activating group) is 1. The largest absolute Gasteiger partial charge is 0.357 e. The van der Waals surface area contributed by atoms with Crippen LogP contribution in [0.5, 0.6) is 0 Å². The van der Waals surface area contributed by atoms with Crippen molar-refractivity contribution < 1.29 is 4.79 Å². The molecule has 0 bridgehead atoms. The van der Waals surface area contributed by atoms with Crippen LogP contribution in [-0.4, -0.2) is 71.6 Å². The number of rotatable bonds is 3. The molecule has 0 aliphatic carbocycles. The maximum absolute atomic E-state index is 12.3. The predicted octanol–water partition coefficient (Wildman–Crippen LogP) is 2.97. The fourth-order valence-electron chi connectivity index (χ4n) is 3.60. The Morgan fingerprint density at radius 2 is 1.94 bits per heavy atom. The molecule has 1 aromatic rings. The van der Waals surface area contributed by atoms with Gasteiger partial charge in [-0.05, 0) is 52.4 Å². The highest BCUT2D eigenvalue weighted by Crippen LogP contribution is 2.20. The summed E-state index contributed by atoms with van der Waals surface area (Å²) in [6, 6.07) is 5.47. The standard InChI is InChI=1S/C23H35N7O/c1-6-19-26-21(30-14-12-29(5)13-15-30)11-10-17(4)22(27-19)28-20-9-7-8-18(25-20)23(31)24-16(2)3/h6-9,16-17H,10-15H2,1-5H3,(H,24,31)(H,25,27,28)/b19-6+,26-21?. The summed E-state index contributed by atoms with van der Waals surface area (Å²) in [5, 5.41) is 6.22. The van der Waals surface area contributed by atoms with Crippen LogP contribution in [0.3, 0.4) is 0 Å². The van der Waals surface area contributed by atoms with Crippen LogP contribution >= 0.6 is 0 Å². The Kier molecular flexibility index (Phi) is 7.79. The number of nitrogens with one attached hydrogen (secondary N) is 2. The van der Waals surface area contributed by atoms with Crippen LogP contribution < -0.4 is 10.6 Å². The van der Waals surface area contributed by atoms with Crippen LogP contribution in [-0.2, 0) is 0 Å². The van der Waals surface area contributed by atoms with E-state index in [2.05, 4.69) is 39.4 Å². The minimum Gasteiger partial charge on any atom is -0.357 e. The lowest BCUT2D eigenvalue weighted by Crippen LogP contribution is -2.47. The van der Waals surface area contributed by atoms with E-state index in [0.717, 1.165) is 50.7 Å². The van der Waals surface area contributed by atoms with Gasteiger partial charge in [-0.15, -0.1) is 0 Å². The summed E-state index contributed by atoms with van der Waals surface area (Å²) >= 11 is 0. The first kappa shape index (κ1) is 22.9. The molecule has 0 aromatic carbocycles. The van der Waals surface area contributed by atoms with Gasteiger partial charge in [0.15, 0.2) is 5.82 Å². The van der Waals surface area contributed by atoms with Gasteiger partial charge in [0.25, 0.3) is 5.91 Å². The number of hydrogen-bond donors (Lipinski definition) is 2. The zero-order valence-corrected chi connectivity index (χ0v) is 19.4. The quantitative estimate of drug-likeness (QED) is 0.778. The maximum atomic E-state index is 12.3. The van der Waals surface area contributed by atoms with Gasteiger partial charge in [-0.25, -0.2) is 15.0 Å². The van der Waals surface area contributed by atoms with Crippen molar-refractivity contribution in [3.63, 3.8) is 0 Å². The molecule has 31 heavy (non-hydrogen) atoms. The highest BCUT2D eigenvalue weighted by Gasteiger charge is 2.22. The van der Waals surface area contributed by atoms with Gasteiger partial charge < -0.3 is 20.4 Å². The number of aliphatic imine (C=N–C) groups is 2. The smallest absolute Gasteiger partial charge is 0.270 e. The van der Waals surface area contributed by atoms with Crippen molar-refractivity contribution in [3.05, 3.63) is 35.8 Å². The van der Waals surface area contributed by atoms with Crippen molar-refractivity contribution in [1.82, 2.24) is 20.1 Å². The number of carbonyl (C=O) groups is 1. The van der Waals surface area contributed by atoms with E-state index in [-0.39, 0.29) is 17.9 Å². The first-order chi connectivity index (χ1) is 14.9. The highest BCUT2D eigenvalue weighted by atomic mass is 16.1. The van der Waals surface area contributed by atoms with Gasteiger partial charge in [0, 0.05) is 44.6 Å². The van der Waals surface area contributed by atoms with Gasteiger partial charge in [-0.2, -0.15) is 0 Å². The molecule has 1 unspecified atom stereocenters. The molecule has 2 aliphatic rings. The van der Waals surface area contributed by atoms with E-state index in [1.807, 2.05) is 39.0 Å². The molecule has 2 N–H and O–H groups in total. The summed E-state index contributed by atoms with van der Waals surface area (Å²) in [5.41, 5.74) is 0.388. The molecule has 168 valence electrons. The van der Waals surface area contributed by atoms with Crippen molar-refractivity contribution in [3.8, 4) is 0 Å². The maximum Gasteiger partial charge on any atom is 0.270 e. The molecule has 1 amide bonds. The second-order valence-electron chi connectivity index (χ2n) is 8.56. The SMILES string of the molecule is C/C=C1/N=C(Nc2cccc(C(=O)NC(C)C)n2)C(C)CCC(N2CCN(C)CC2)=N1. The van der Waals surface area contributed by atoms with Crippen LogP contribution in [0, 0.1) is 5.92 Å². The predicted molar refractivity (Wildman–Crippen MR) is 127 cm³/mol. The van der Waals surface area contributed by atoms with Gasteiger partial charge >= 0.3 is 0 Å². The third-order valence-corrected chi connectivity index (χ3v) is 5.53. The Hall–Kier alpha value is -2.74. The summed E-state index contributed by atoms with van der Waals surface area (Å²) in [6.45, 7) is 12.1. The molecule has 1 fully saturated rings. The van der Waals surface area contributed by atoms with Crippen molar-refractivity contribution in [2.24, 2.45) is 15.9 Å². The first-order valence-corrected chi connectivity index (χ1v) is 11.2. The van der Waals surface area contributed by atoms with E-state index < -0.39 is 0 Å². The van der Waals surface area contributed by atoms with Crippen molar-refractivity contribution in [1.29, 1.82) is 0 Å². The second-order valence-corrected chi connectivity index (χ2v) is 8.56. The minimum atomic E-state index is -0.179. The Morgan fingerprint density at radius 3 is 2.61 bits per heavy atom. The zero-order chi connectivity index (χ0) is 22.4. The summed E-state index contributed by atoms with van der Waals surface area (Å²) in [6.07, 6.45) is 3.80. The average Bonchev–Trinajstić information content (AvgIpc) is 2.74. The van der Waals surface area contributed by atoms with Crippen molar-refractivity contribution in [2.75, 3.05) is 38.5 Å². The number of amides is 1. The topological polar surface area (TPSA) is 85.2 Å². The van der Waals surface area contributed by atoms with E-state index in [9.17, 15) is 4.79 Å². The van der Waals surface area contributed by atoms with E-state index in [1.54, 1.807) is 6.07 Å². The lowest BCUT2D eigenvalue weighted by Gasteiger charge is -2.35. The molecule has 1 aromatic heterocycles. The van der Waals surface area contributed by atoms with Gasteiger partial charge in [0.2, 0.25) is 0 Å². The zero-order valence-electron chi connectivity index (χ0n) is 19.4.